The van der Waals surface area contributed by atoms with Crippen LogP contribution in [0.3, 0.4) is 0 Å². The van der Waals surface area contributed by atoms with Crippen molar-refractivity contribution in [1.29, 1.82) is 0 Å². The number of rotatable bonds is 6. The van der Waals surface area contributed by atoms with Crippen molar-refractivity contribution in [3.05, 3.63) is 200 Å². The van der Waals surface area contributed by atoms with E-state index in [4.69, 9.17) is 9.97 Å². The molecule has 3 nitrogen and oxygen atoms in total. The molecule has 262 valence electrons. The molecule has 0 aliphatic rings. The van der Waals surface area contributed by atoms with Gasteiger partial charge in [0.1, 0.15) is 0 Å². The Morgan fingerprint density at radius 2 is 0.875 bits per heavy atom. The van der Waals surface area contributed by atoms with Gasteiger partial charge in [-0.15, -0.1) is 11.3 Å². The maximum absolute atomic E-state index is 5.30. The molecule has 0 aliphatic heterocycles. The largest absolute Gasteiger partial charge is 0.308 e. The van der Waals surface area contributed by atoms with E-state index >= 15 is 0 Å². The Labute approximate surface area is 328 Å². The molecule has 11 rings (SSSR count). The molecule has 0 aliphatic carbocycles. The van der Waals surface area contributed by atoms with Crippen molar-refractivity contribution in [2.24, 2.45) is 0 Å². The average molecular weight is 732 g/mol. The van der Waals surface area contributed by atoms with Crippen molar-refractivity contribution in [1.82, 2.24) is 14.5 Å². The Kier molecular flexibility index (Phi) is 7.68. The molecule has 11 aromatic rings. The van der Waals surface area contributed by atoms with Gasteiger partial charge < -0.3 is 4.57 Å². The van der Waals surface area contributed by atoms with E-state index in [1.807, 2.05) is 35.6 Å². The van der Waals surface area contributed by atoms with Crippen LogP contribution in [0.1, 0.15) is 0 Å². The van der Waals surface area contributed by atoms with Crippen molar-refractivity contribution >= 4 is 53.3 Å². The minimum absolute atomic E-state index is 0.697. The topological polar surface area (TPSA) is 30.7 Å². The highest BCUT2D eigenvalue weighted by molar-refractivity contribution is 7.26. The van der Waals surface area contributed by atoms with Crippen molar-refractivity contribution in [3.63, 3.8) is 0 Å². The van der Waals surface area contributed by atoms with Gasteiger partial charge >= 0.3 is 0 Å². The van der Waals surface area contributed by atoms with E-state index in [2.05, 4.69) is 180 Å². The molecule has 0 N–H and O–H groups in total. The lowest BCUT2D eigenvalue weighted by Crippen LogP contribution is -2.02. The van der Waals surface area contributed by atoms with Crippen molar-refractivity contribution < 1.29 is 0 Å². The number of para-hydroxylation sites is 1. The summed E-state index contributed by atoms with van der Waals surface area (Å²) in [6.07, 6.45) is 0. The van der Waals surface area contributed by atoms with E-state index in [9.17, 15) is 0 Å². The summed E-state index contributed by atoms with van der Waals surface area (Å²) in [4.78, 5) is 10.4. The minimum atomic E-state index is 0.697. The Morgan fingerprint density at radius 1 is 0.357 bits per heavy atom. The highest BCUT2D eigenvalue weighted by Gasteiger charge is 2.24. The number of fused-ring (bicyclic) bond motifs is 7. The number of thiophene rings is 1. The highest BCUT2D eigenvalue weighted by Crippen LogP contribution is 2.47. The van der Waals surface area contributed by atoms with E-state index in [1.54, 1.807) is 0 Å². The van der Waals surface area contributed by atoms with Crippen molar-refractivity contribution in [2.45, 2.75) is 0 Å². The summed E-state index contributed by atoms with van der Waals surface area (Å²) in [5.41, 5.74) is 12.8. The predicted molar refractivity (Wildman–Crippen MR) is 236 cm³/mol. The van der Waals surface area contributed by atoms with Gasteiger partial charge in [0, 0.05) is 58.8 Å². The summed E-state index contributed by atoms with van der Waals surface area (Å²) in [5.74, 6) is 0.697. The Morgan fingerprint density at radius 3 is 1.52 bits per heavy atom. The molecule has 4 heteroatoms. The molecule has 0 radical (unpaired) electrons. The molecule has 0 spiro atoms. The smallest absolute Gasteiger partial charge is 0.160 e. The maximum atomic E-state index is 5.30. The van der Waals surface area contributed by atoms with Crippen LogP contribution in [0.2, 0.25) is 0 Å². The van der Waals surface area contributed by atoms with Gasteiger partial charge in [-0.1, -0.05) is 158 Å². The summed E-state index contributed by atoms with van der Waals surface area (Å²) in [6.45, 7) is 0. The van der Waals surface area contributed by atoms with Gasteiger partial charge in [0.15, 0.2) is 5.82 Å². The number of aromatic nitrogens is 3. The van der Waals surface area contributed by atoms with E-state index in [1.165, 1.54) is 42.0 Å². The third-order valence-corrected chi connectivity index (χ3v) is 11.9. The molecular weight excluding hydrogens is 699 g/mol. The van der Waals surface area contributed by atoms with Crippen LogP contribution in [-0.2, 0) is 0 Å². The summed E-state index contributed by atoms with van der Waals surface area (Å²) < 4.78 is 5.12. The molecule has 56 heavy (non-hydrogen) atoms. The molecule has 0 saturated carbocycles. The minimum Gasteiger partial charge on any atom is -0.308 e. The fourth-order valence-corrected chi connectivity index (χ4v) is 9.40. The second-order valence-electron chi connectivity index (χ2n) is 14.1. The zero-order valence-electron chi connectivity index (χ0n) is 30.3. The first-order chi connectivity index (χ1) is 27.8. The fourth-order valence-electron chi connectivity index (χ4n) is 8.28. The Hall–Kier alpha value is -7.14. The van der Waals surface area contributed by atoms with Gasteiger partial charge in [0.25, 0.3) is 0 Å². The monoisotopic (exact) mass is 731 g/mol. The molecule has 0 unspecified atom stereocenters. The van der Waals surface area contributed by atoms with Crippen LogP contribution < -0.4 is 0 Å². The van der Waals surface area contributed by atoms with Crippen molar-refractivity contribution in [2.75, 3.05) is 0 Å². The van der Waals surface area contributed by atoms with E-state index in [-0.39, 0.29) is 0 Å². The fraction of sp³-hybridized carbons (Fsp3) is 0. The highest BCUT2D eigenvalue weighted by atomic mass is 32.1. The van der Waals surface area contributed by atoms with Gasteiger partial charge in [-0.05, 0) is 53.6 Å². The third kappa shape index (κ3) is 5.34. The molecular formula is C52H33N3S. The molecule has 3 aromatic heterocycles. The normalized spacial score (nSPS) is 11.6. The molecule has 0 saturated heterocycles. The van der Waals surface area contributed by atoms with Gasteiger partial charge in [-0.3, -0.25) is 0 Å². The summed E-state index contributed by atoms with van der Waals surface area (Å²) in [6, 6.07) is 71.4. The zero-order valence-corrected chi connectivity index (χ0v) is 31.1. The first kappa shape index (κ1) is 32.3. The van der Waals surface area contributed by atoms with Gasteiger partial charge in [-0.2, -0.15) is 0 Å². The van der Waals surface area contributed by atoms with Gasteiger partial charge in [-0.25, -0.2) is 9.97 Å². The van der Waals surface area contributed by atoms with Crippen molar-refractivity contribution in [3.8, 4) is 61.8 Å². The van der Waals surface area contributed by atoms with Crippen LogP contribution in [0.15, 0.2) is 200 Å². The second kappa shape index (κ2) is 13.3. The standard InChI is InChI=1S/C52H33N3S/c1-5-17-34(18-6-1)41-31-38(44-33-43(36-21-9-3-10-22-36)53-52(54-44)37-23-11-4-12-24-37)32-42(35-19-7-2-8-20-35)51(41)55-45-27-15-13-25-39(45)49-46(55)29-30-48-50(49)40-26-14-16-28-47(40)56-48/h1-33H. The SMILES string of the molecule is c1ccc(-c2cc(-c3cc(-c4ccccc4)c(-n4c5ccccc5c5c6c(ccc54)sc4ccccc46)c(-c4ccccc4)c3)nc(-c3ccccc3)n2)cc1. The van der Waals surface area contributed by atoms with Gasteiger partial charge in [0.05, 0.1) is 28.1 Å². The summed E-state index contributed by atoms with van der Waals surface area (Å²) in [5, 5.41) is 5.15. The quantitative estimate of drug-likeness (QED) is 0.170. The van der Waals surface area contributed by atoms with E-state index in [0.717, 1.165) is 56.0 Å². The van der Waals surface area contributed by atoms with Crippen LogP contribution >= 0.6 is 11.3 Å². The number of benzene rings is 8. The first-order valence-corrected chi connectivity index (χ1v) is 19.7. The average Bonchev–Trinajstić information content (AvgIpc) is 3.82. The Bertz CT molecular complexity index is 3100. The van der Waals surface area contributed by atoms with Crippen LogP contribution in [0.25, 0.3) is 104 Å². The maximum Gasteiger partial charge on any atom is 0.160 e. The molecule has 0 atom stereocenters. The van der Waals surface area contributed by atoms with Crippen LogP contribution in [0.4, 0.5) is 0 Å². The first-order valence-electron chi connectivity index (χ1n) is 18.9. The molecule has 8 aromatic carbocycles. The van der Waals surface area contributed by atoms with E-state index in [0.29, 0.717) is 5.82 Å². The number of nitrogens with zero attached hydrogens (tertiary/aromatic N) is 3. The number of hydrogen-bond acceptors (Lipinski definition) is 3. The molecule has 3 heterocycles. The predicted octanol–water partition coefficient (Wildman–Crippen LogP) is 14.3. The van der Waals surface area contributed by atoms with Crippen LogP contribution in [0, 0.1) is 0 Å². The molecule has 0 fully saturated rings. The van der Waals surface area contributed by atoms with Crippen LogP contribution in [0.5, 0.6) is 0 Å². The van der Waals surface area contributed by atoms with Gasteiger partial charge in [0.2, 0.25) is 0 Å². The lowest BCUT2D eigenvalue weighted by atomic mass is 9.91. The zero-order chi connectivity index (χ0) is 37.0. The summed E-state index contributed by atoms with van der Waals surface area (Å²) >= 11 is 1.87. The lowest BCUT2D eigenvalue weighted by Gasteiger charge is -2.21. The number of hydrogen-bond donors (Lipinski definition) is 0. The van der Waals surface area contributed by atoms with Crippen LogP contribution in [-0.4, -0.2) is 14.5 Å². The second-order valence-corrected chi connectivity index (χ2v) is 15.2. The molecule has 0 bridgehead atoms. The lowest BCUT2D eigenvalue weighted by molar-refractivity contribution is 1.17. The van der Waals surface area contributed by atoms with E-state index < -0.39 is 0 Å². The summed E-state index contributed by atoms with van der Waals surface area (Å²) in [7, 11) is 0. The third-order valence-electron chi connectivity index (χ3n) is 10.8. The molecule has 0 amide bonds. The Balaban J connectivity index is 1.27.